The largest absolute Gasteiger partial charge is 0.497 e. The van der Waals surface area contributed by atoms with Gasteiger partial charge in [-0.2, -0.15) is 0 Å². The first-order valence-corrected chi connectivity index (χ1v) is 6.85. The number of hydrogen-bond donors (Lipinski definition) is 0. The van der Waals surface area contributed by atoms with Gasteiger partial charge in [-0.3, -0.25) is 0 Å². The van der Waals surface area contributed by atoms with Gasteiger partial charge in [0.05, 0.1) is 12.0 Å². The van der Waals surface area contributed by atoms with Gasteiger partial charge < -0.3 is 4.74 Å². The Kier molecular flexibility index (Phi) is 2.78. The summed E-state index contributed by atoms with van der Waals surface area (Å²) in [6, 6.07) is 10.1. The van der Waals surface area contributed by atoms with Crippen LogP contribution in [0.4, 0.5) is 0 Å². The molecule has 3 nitrogen and oxygen atoms in total. The molecule has 0 aliphatic rings. The van der Waals surface area contributed by atoms with E-state index >= 15 is 0 Å². The summed E-state index contributed by atoms with van der Waals surface area (Å²) in [5, 5.41) is 1.37. The Labute approximate surface area is 98.0 Å². The van der Waals surface area contributed by atoms with Crippen LogP contribution in [0.5, 0.6) is 5.75 Å². The molecule has 0 aliphatic heterocycles. The summed E-state index contributed by atoms with van der Waals surface area (Å²) < 4.78 is 27.7. The van der Waals surface area contributed by atoms with Gasteiger partial charge in [0.25, 0.3) is 9.05 Å². The van der Waals surface area contributed by atoms with E-state index in [4.69, 9.17) is 15.4 Å². The van der Waals surface area contributed by atoms with Crippen molar-refractivity contribution in [2.45, 2.75) is 4.90 Å². The molecule has 0 saturated heterocycles. The van der Waals surface area contributed by atoms with Crippen molar-refractivity contribution in [2.75, 3.05) is 7.11 Å². The molecule has 0 amide bonds. The molecule has 2 rings (SSSR count). The normalized spacial score (nSPS) is 11.6. The van der Waals surface area contributed by atoms with Crippen molar-refractivity contribution in [1.29, 1.82) is 0 Å². The molecular formula is C11H9ClO3S. The second-order valence-corrected chi connectivity index (χ2v) is 5.82. The van der Waals surface area contributed by atoms with Crippen molar-refractivity contribution in [2.24, 2.45) is 0 Å². The molecule has 16 heavy (non-hydrogen) atoms. The Bertz CT molecular complexity index is 635. The second kappa shape index (κ2) is 3.96. The van der Waals surface area contributed by atoms with Gasteiger partial charge in [-0.05, 0) is 29.7 Å². The van der Waals surface area contributed by atoms with Crippen LogP contribution in [0.15, 0.2) is 41.3 Å². The van der Waals surface area contributed by atoms with Gasteiger partial charge in [-0.1, -0.05) is 12.1 Å². The highest BCUT2D eigenvalue weighted by atomic mass is 35.7. The first-order valence-electron chi connectivity index (χ1n) is 4.54. The lowest BCUT2D eigenvalue weighted by atomic mass is 10.1. The molecule has 0 fully saturated rings. The van der Waals surface area contributed by atoms with Crippen molar-refractivity contribution in [3.05, 3.63) is 36.4 Å². The van der Waals surface area contributed by atoms with Gasteiger partial charge in [0.15, 0.2) is 0 Å². The molecule has 0 spiro atoms. The number of methoxy groups -OCH3 is 1. The molecule has 84 valence electrons. The molecule has 0 aliphatic carbocycles. The van der Waals surface area contributed by atoms with E-state index in [2.05, 4.69) is 0 Å². The number of halogens is 1. The molecule has 2 aromatic rings. The van der Waals surface area contributed by atoms with Gasteiger partial charge in [0.1, 0.15) is 5.75 Å². The highest BCUT2D eigenvalue weighted by Gasteiger charge is 2.13. The number of benzene rings is 2. The Morgan fingerprint density at radius 3 is 2.56 bits per heavy atom. The lowest BCUT2D eigenvalue weighted by Gasteiger charge is -2.05. The average molecular weight is 257 g/mol. The van der Waals surface area contributed by atoms with Crippen molar-refractivity contribution in [1.82, 2.24) is 0 Å². The number of hydrogen-bond acceptors (Lipinski definition) is 3. The molecule has 2 aromatic carbocycles. The average Bonchev–Trinajstić information content (AvgIpc) is 2.26. The van der Waals surface area contributed by atoms with E-state index in [1.54, 1.807) is 31.4 Å². The first kappa shape index (κ1) is 11.2. The van der Waals surface area contributed by atoms with Crippen LogP contribution in [0.1, 0.15) is 0 Å². The second-order valence-electron chi connectivity index (χ2n) is 3.28. The smallest absolute Gasteiger partial charge is 0.261 e. The highest BCUT2D eigenvalue weighted by Crippen LogP contribution is 2.28. The zero-order valence-corrected chi connectivity index (χ0v) is 10.0. The summed E-state index contributed by atoms with van der Waals surface area (Å²) in [4.78, 5) is 0.120. The molecular weight excluding hydrogens is 248 g/mol. The fourth-order valence-electron chi connectivity index (χ4n) is 1.57. The summed E-state index contributed by atoms with van der Waals surface area (Å²) >= 11 is 0. The maximum atomic E-state index is 11.3. The van der Waals surface area contributed by atoms with E-state index in [-0.39, 0.29) is 4.90 Å². The van der Waals surface area contributed by atoms with Crippen LogP contribution < -0.4 is 4.74 Å². The highest BCUT2D eigenvalue weighted by molar-refractivity contribution is 8.14. The van der Waals surface area contributed by atoms with Crippen LogP contribution >= 0.6 is 10.7 Å². The third kappa shape index (κ3) is 1.99. The Morgan fingerprint density at radius 2 is 1.94 bits per heavy atom. The molecule has 0 aromatic heterocycles. The molecule has 0 heterocycles. The predicted octanol–water partition coefficient (Wildman–Crippen LogP) is 2.78. The van der Waals surface area contributed by atoms with Gasteiger partial charge in [-0.25, -0.2) is 8.42 Å². The minimum absolute atomic E-state index is 0.120. The van der Waals surface area contributed by atoms with Gasteiger partial charge in [0, 0.05) is 16.1 Å². The van der Waals surface area contributed by atoms with Crippen LogP contribution in [-0.2, 0) is 9.05 Å². The molecule has 0 saturated carbocycles. The fraction of sp³-hybridized carbons (Fsp3) is 0.0909. The van der Waals surface area contributed by atoms with E-state index < -0.39 is 9.05 Å². The standard InChI is InChI=1S/C11H9ClO3S/c1-15-9-5-6-10-8(7-9)3-2-4-11(10)16(12,13)14/h2-7H,1H3. The van der Waals surface area contributed by atoms with Gasteiger partial charge in [0.2, 0.25) is 0 Å². The lowest BCUT2D eigenvalue weighted by molar-refractivity contribution is 0.415. The Morgan fingerprint density at radius 1 is 1.19 bits per heavy atom. The minimum atomic E-state index is -3.72. The topological polar surface area (TPSA) is 43.4 Å². The van der Waals surface area contributed by atoms with Crippen LogP contribution in [0.25, 0.3) is 10.8 Å². The summed E-state index contributed by atoms with van der Waals surface area (Å²) in [5.74, 6) is 0.677. The van der Waals surface area contributed by atoms with Crippen molar-refractivity contribution in [3.8, 4) is 5.75 Å². The fourth-order valence-corrected chi connectivity index (χ4v) is 2.66. The van der Waals surface area contributed by atoms with E-state index in [1.165, 1.54) is 6.07 Å². The minimum Gasteiger partial charge on any atom is -0.497 e. The van der Waals surface area contributed by atoms with Crippen LogP contribution in [0.2, 0.25) is 0 Å². The molecule has 0 atom stereocenters. The molecule has 0 N–H and O–H groups in total. The Hall–Kier alpha value is -1.26. The third-order valence-corrected chi connectivity index (χ3v) is 3.69. The number of fused-ring (bicyclic) bond motifs is 1. The summed E-state index contributed by atoms with van der Waals surface area (Å²) in [5.41, 5.74) is 0. The number of ether oxygens (including phenoxy) is 1. The van der Waals surface area contributed by atoms with Crippen LogP contribution in [0, 0.1) is 0 Å². The number of rotatable bonds is 2. The van der Waals surface area contributed by atoms with Crippen LogP contribution in [-0.4, -0.2) is 15.5 Å². The zero-order valence-electron chi connectivity index (χ0n) is 8.48. The maximum Gasteiger partial charge on any atom is 0.261 e. The third-order valence-electron chi connectivity index (χ3n) is 2.31. The Balaban J connectivity index is 2.80. The SMILES string of the molecule is COc1ccc2c(S(=O)(=O)Cl)cccc2c1. The zero-order chi connectivity index (χ0) is 11.8. The molecule has 0 radical (unpaired) electrons. The summed E-state index contributed by atoms with van der Waals surface area (Å²) in [7, 11) is 3.19. The predicted molar refractivity (Wildman–Crippen MR) is 63.5 cm³/mol. The van der Waals surface area contributed by atoms with Crippen LogP contribution in [0.3, 0.4) is 0 Å². The quantitative estimate of drug-likeness (QED) is 0.776. The first-order chi connectivity index (χ1) is 7.52. The summed E-state index contributed by atoms with van der Waals surface area (Å²) in [6.45, 7) is 0. The monoisotopic (exact) mass is 256 g/mol. The molecule has 5 heteroatoms. The lowest BCUT2D eigenvalue weighted by Crippen LogP contribution is -1.92. The van der Waals surface area contributed by atoms with E-state index in [0.29, 0.717) is 11.1 Å². The van der Waals surface area contributed by atoms with E-state index in [1.807, 2.05) is 6.07 Å². The van der Waals surface area contributed by atoms with Crippen molar-refractivity contribution in [3.63, 3.8) is 0 Å². The van der Waals surface area contributed by atoms with Crippen molar-refractivity contribution >= 4 is 30.5 Å². The van der Waals surface area contributed by atoms with Gasteiger partial charge >= 0.3 is 0 Å². The summed E-state index contributed by atoms with van der Waals surface area (Å²) in [6.07, 6.45) is 0. The van der Waals surface area contributed by atoms with Gasteiger partial charge in [-0.15, -0.1) is 0 Å². The molecule has 0 bridgehead atoms. The maximum absolute atomic E-state index is 11.3. The molecule has 0 unspecified atom stereocenters. The van der Waals surface area contributed by atoms with E-state index in [9.17, 15) is 8.42 Å². The van der Waals surface area contributed by atoms with E-state index in [0.717, 1.165) is 5.39 Å². The van der Waals surface area contributed by atoms with Crippen molar-refractivity contribution < 1.29 is 13.2 Å².